The number of nitrogens with zero attached hydrogens (tertiary/aromatic N) is 4. The Hall–Kier alpha value is -3.71. The molecular weight excluding hydrogens is 444 g/mol. The van der Waals surface area contributed by atoms with Crippen LogP contribution in [0.15, 0.2) is 81.4 Å². The van der Waals surface area contributed by atoms with E-state index in [0.29, 0.717) is 11.3 Å². The number of benzene rings is 2. The molecule has 0 N–H and O–H groups in total. The van der Waals surface area contributed by atoms with Crippen molar-refractivity contribution >= 4 is 22.7 Å². The van der Waals surface area contributed by atoms with Crippen LogP contribution in [0.25, 0.3) is 28.0 Å². The maximum Gasteiger partial charge on any atom is 0.336 e. The molecule has 5 aromatic rings. The van der Waals surface area contributed by atoms with Crippen LogP contribution in [0.4, 0.5) is 0 Å². The summed E-state index contributed by atoms with van der Waals surface area (Å²) >= 11 is 1.56. The molecule has 6 nitrogen and oxygen atoms in total. The molecule has 0 saturated heterocycles. The minimum Gasteiger partial charge on any atom is -0.423 e. The second-order valence-corrected chi connectivity index (χ2v) is 9.46. The van der Waals surface area contributed by atoms with Crippen LogP contribution >= 0.6 is 11.8 Å². The van der Waals surface area contributed by atoms with Gasteiger partial charge in [-0.3, -0.25) is 9.55 Å². The van der Waals surface area contributed by atoms with E-state index in [1.165, 1.54) is 11.1 Å². The van der Waals surface area contributed by atoms with Crippen LogP contribution in [0.5, 0.6) is 0 Å². The van der Waals surface area contributed by atoms with Gasteiger partial charge in [-0.15, -0.1) is 10.2 Å². The molecule has 0 bridgehead atoms. The number of para-hydroxylation sites is 1. The van der Waals surface area contributed by atoms with Crippen molar-refractivity contribution in [3.63, 3.8) is 0 Å². The van der Waals surface area contributed by atoms with Crippen LogP contribution in [0.3, 0.4) is 0 Å². The number of aryl methyl sites for hydroxylation is 3. The molecule has 0 saturated carbocycles. The van der Waals surface area contributed by atoms with Crippen molar-refractivity contribution in [3.05, 3.63) is 99.7 Å². The van der Waals surface area contributed by atoms with Gasteiger partial charge in [-0.05, 0) is 78.8 Å². The van der Waals surface area contributed by atoms with Gasteiger partial charge >= 0.3 is 5.63 Å². The van der Waals surface area contributed by atoms with Crippen LogP contribution in [-0.4, -0.2) is 19.7 Å². The van der Waals surface area contributed by atoms with E-state index >= 15 is 0 Å². The highest BCUT2D eigenvalue weighted by Gasteiger charge is 2.19. The number of pyridine rings is 1. The zero-order valence-corrected chi connectivity index (χ0v) is 19.5. The fraction of sp³-hybridized carbons (Fsp3) is 0.185. The van der Waals surface area contributed by atoms with E-state index in [1.807, 2.05) is 30.3 Å². The van der Waals surface area contributed by atoms with Crippen molar-refractivity contribution in [2.75, 3.05) is 0 Å². The number of aromatic nitrogens is 4. The van der Waals surface area contributed by atoms with E-state index in [2.05, 4.69) is 44.9 Å². The van der Waals surface area contributed by atoms with Gasteiger partial charge in [0.25, 0.3) is 0 Å². The molecule has 3 aromatic heterocycles. The van der Waals surface area contributed by atoms with Gasteiger partial charge in [-0.25, -0.2) is 4.79 Å². The Morgan fingerprint density at radius 3 is 2.71 bits per heavy atom. The lowest BCUT2D eigenvalue weighted by Gasteiger charge is -2.13. The van der Waals surface area contributed by atoms with Crippen LogP contribution < -0.4 is 5.63 Å². The summed E-state index contributed by atoms with van der Waals surface area (Å²) in [5, 5.41) is 10.8. The molecular formula is C27H22N4O2S. The van der Waals surface area contributed by atoms with E-state index in [-0.39, 0.29) is 5.63 Å². The van der Waals surface area contributed by atoms with Crippen molar-refractivity contribution < 1.29 is 4.42 Å². The van der Waals surface area contributed by atoms with Gasteiger partial charge < -0.3 is 4.42 Å². The highest BCUT2D eigenvalue weighted by Crippen LogP contribution is 2.33. The first-order chi connectivity index (χ1) is 16.7. The van der Waals surface area contributed by atoms with Crippen LogP contribution in [0.2, 0.25) is 0 Å². The van der Waals surface area contributed by atoms with Gasteiger partial charge in [0.2, 0.25) is 0 Å². The van der Waals surface area contributed by atoms with Gasteiger partial charge in [0.05, 0.1) is 5.69 Å². The lowest BCUT2D eigenvalue weighted by molar-refractivity contribution is 0.559. The fourth-order valence-electron chi connectivity index (χ4n) is 4.63. The van der Waals surface area contributed by atoms with E-state index in [0.717, 1.165) is 58.0 Å². The molecule has 7 heteroatoms. The molecule has 3 heterocycles. The number of rotatable bonds is 5. The largest absolute Gasteiger partial charge is 0.423 e. The number of thioether (sulfide) groups is 1. The summed E-state index contributed by atoms with van der Waals surface area (Å²) in [6.45, 7) is 2.08. The quantitative estimate of drug-likeness (QED) is 0.251. The molecule has 2 aromatic carbocycles. The minimum absolute atomic E-state index is 0.322. The first-order valence-corrected chi connectivity index (χ1v) is 12.3. The van der Waals surface area contributed by atoms with E-state index < -0.39 is 0 Å². The average molecular weight is 467 g/mol. The number of fused-ring (bicyclic) bond motifs is 2. The fourth-order valence-corrected chi connectivity index (χ4v) is 5.57. The van der Waals surface area contributed by atoms with Crippen molar-refractivity contribution in [2.24, 2.45) is 0 Å². The van der Waals surface area contributed by atoms with Gasteiger partial charge in [0, 0.05) is 35.2 Å². The molecule has 0 unspecified atom stereocenters. The van der Waals surface area contributed by atoms with E-state index in [1.54, 1.807) is 30.2 Å². The van der Waals surface area contributed by atoms with Crippen molar-refractivity contribution in [1.82, 2.24) is 19.7 Å². The minimum atomic E-state index is -0.322. The third-order valence-corrected chi connectivity index (χ3v) is 7.29. The summed E-state index contributed by atoms with van der Waals surface area (Å²) in [6, 6.07) is 17.9. The Morgan fingerprint density at radius 2 is 1.88 bits per heavy atom. The van der Waals surface area contributed by atoms with Crippen molar-refractivity contribution in [1.29, 1.82) is 0 Å². The zero-order chi connectivity index (χ0) is 23.1. The molecule has 0 atom stereocenters. The monoisotopic (exact) mass is 466 g/mol. The Morgan fingerprint density at radius 1 is 1.03 bits per heavy atom. The van der Waals surface area contributed by atoms with Crippen LogP contribution in [-0.2, 0) is 18.6 Å². The predicted molar refractivity (Wildman–Crippen MR) is 133 cm³/mol. The number of hydrogen-bond donors (Lipinski definition) is 0. The molecule has 1 aliphatic rings. The van der Waals surface area contributed by atoms with Gasteiger partial charge in [-0.1, -0.05) is 30.0 Å². The molecule has 0 aliphatic heterocycles. The van der Waals surface area contributed by atoms with E-state index in [9.17, 15) is 4.79 Å². The van der Waals surface area contributed by atoms with Crippen molar-refractivity contribution in [2.45, 2.75) is 37.1 Å². The molecule has 6 rings (SSSR count). The molecule has 0 spiro atoms. The van der Waals surface area contributed by atoms with Crippen LogP contribution in [0, 0.1) is 6.92 Å². The molecule has 1 aliphatic carbocycles. The Bertz CT molecular complexity index is 1570. The summed E-state index contributed by atoms with van der Waals surface area (Å²) < 4.78 is 7.62. The van der Waals surface area contributed by atoms with E-state index in [4.69, 9.17) is 4.42 Å². The summed E-state index contributed by atoms with van der Waals surface area (Å²) in [5.74, 6) is 1.32. The van der Waals surface area contributed by atoms with Gasteiger partial charge in [0.1, 0.15) is 5.58 Å². The highest BCUT2D eigenvalue weighted by molar-refractivity contribution is 7.98. The number of hydrogen-bond acceptors (Lipinski definition) is 6. The van der Waals surface area contributed by atoms with Crippen LogP contribution in [0.1, 0.15) is 28.7 Å². The molecule has 0 fully saturated rings. The first-order valence-electron chi connectivity index (χ1n) is 11.3. The third-order valence-electron chi connectivity index (χ3n) is 6.31. The topological polar surface area (TPSA) is 73.8 Å². The molecule has 168 valence electrons. The van der Waals surface area contributed by atoms with Gasteiger partial charge in [-0.2, -0.15) is 0 Å². The lowest BCUT2D eigenvalue weighted by atomic mass is 10.0. The molecule has 34 heavy (non-hydrogen) atoms. The summed E-state index contributed by atoms with van der Waals surface area (Å²) in [4.78, 5) is 16.6. The smallest absolute Gasteiger partial charge is 0.336 e. The molecule has 0 amide bonds. The predicted octanol–water partition coefficient (Wildman–Crippen LogP) is 5.53. The highest BCUT2D eigenvalue weighted by atomic mass is 32.2. The third kappa shape index (κ3) is 3.72. The first kappa shape index (κ1) is 20.9. The lowest BCUT2D eigenvalue weighted by Crippen LogP contribution is -2.03. The Kier molecular flexibility index (Phi) is 5.26. The van der Waals surface area contributed by atoms with Gasteiger partial charge in [0.15, 0.2) is 11.0 Å². The average Bonchev–Trinajstić information content (AvgIpc) is 3.48. The Balaban J connectivity index is 1.43. The zero-order valence-electron chi connectivity index (χ0n) is 18.7. The van der Waals surface area contributed by atoms with Crippen molar-refractivity contribution in [3.8, 4) is 17.1 Å². The summed E-state index contributed by atoms with van der Waals surface area (Å²) in [5.41, 5.74) is 6.98. The maximum atomic E-state index is 12.3. The maximum absolute atomic E-state index is 12.3. The molecule has 0 radical (unpaired) electrons. The second kappa shape index (κ2) is 8.57. The second-order valence-electron chi connectivity index (χ2n) is 8.52. The normalized spacial score (nSPS) is 12.9. The standard InChI is InChI=1S/C27H22N4O2S/c1-17-6-2-3-10-23(17)31-26(20-9-5-11-28-15-20)29-30-27(31)34-16-21-14-25(32)33-24-13-19-8-4-7-18(19)12-22(21)24/h2-3,5-6,9-15H,4,7-8,16H2,1H3. The SMILES string of the molecule is Cc1ccccc1-n1c(SCc2cc(=O)oc3cc4c(cc23)CCC4)nnc1-c1cccnc1. The summed E-state index contributed by atoms with van der Waals surface area (Å²) in [7, 11) is 0. The Labute approximate surface area is 200 Å². The summed E-state index contributed by atoms with van der Waals surface area (Å²) in [6.07, 6.45) is 6.81.